The summed E-state index contributed by atoms with van der Waals surface area (Å²) < 4.78 is 77.9. The van der Waals surface area contributed by atoms with Gasteiger partial charge in [-0.1, -0.05) is 44.4 Å². The number of carbonyl (C=O) groups is 5. The minimum atomic E-state index is -2.07. The SMILES string of the molecule is CCCCCC/C=C\CCCOc1cccc(C(=O)N[C@H]2C(O)[C@H](O)C(CO)O[C@H]2O[C@H]2C(O)C(NC(C)=O)C(OC3C(CO)O[C@@H](O[C@H]4C(O)C(NC(C)=O)C(OC5C(CO[C@@H]6OC(C)C(O)[C@H](O)[C@H]6OC)O[C@@H](O)[C@@H](NC(C)=O)[C@H]5O)O[C@H]4CO)[C@@H](NC(C)=O)[C@H]3O)O[C@H]2CO)c1. The number of unbranched alkanes of at least 4 members (excludes halogenated alkanes) is 5. The Balaban J connectivity index is 1.07. The van der Waals surface area contributed by atoms with Crippen molar-refractivity contribution in [3.05, 3.63) is 42.0 Å². The second-order valence-corrected chi connectivity index (χ2v) is 25.3. The largest absolute Gasteiger partial charge is 0.494 e. The lowest BCUT2D eigenvalue weighted by atomic mass is 9.93. The van der Waals surface area contributed by atoms with Gasteiger partial charge in [-0.15, -0.1) is 0 Å². The zero-order chi connectivity index (χ0) is 72.5. The van der Waals surface area contributed by atoms with Crippen molar-refractivity contribution in [1.82, 2.24) is 26.6 Å². The lowest BCUT2D eigenvalue weighted by molar-refractivity contribution is -0.368. The summed E-state index contributed by atoms with van der Waals surface area (Å²) in [6.45, 7) is 3.52. The molecule has 7 rings (SSSR count). The molecule has 5 amide bonds. The van der Waals surface area contributed by atoms with Crippen molar-refractivity contribution < 1.29 is 152 Å². The van der Waals surface area contributed by atoms with Gasteiger partial charge in [-0.05, 0) is 50.8 Å². The lowest BCUT2D eigenvalue weighted by Crippen LogP contribution is -2.72. The fourth-order valence-corrected chi connectivity index (χ4v) is 12.7. The van der Waals surface area contributed by atoms with E-state index >= 15 is 0 Å². The Hall–Kier alpha value is -4.89. The Morgan fingerprint density at radius 2 is 0.899 bits per heavy atom. The summed E-state index contributed by atoms with van der Waals surface area (Å²) in [5.41, 5.74) is 0.0482. The van der Waals surface area contributed by atoms with Gasteiger partial charge >= 0.3 is 0 Å². The summed E-state index contributed by atoms with van der Waals surface area (Å²) in [4.78, 5) is 65.1. The number of allylic oxidation sites excluding steroid dienone is 2. The van der Waals surface area contributed by atoms with E-state index in [2.05, 4.69) is 45.7 Å². The molecular formula is C63H101N5O31. The molecule has 0 spiro atoms. The maximum atomic E-state index is 14.0. The molecule has 36 nitrogen and oxygen atoms in total. The molecule has 0 bridgehead atoms. The number of ether oxygens (including phenoxy) is 13. The van der Waals surface area contributed by atoms with Gasteiger partial charge in [0, 0.05) is 40.4 Å². The summed E-state index contributed by atoms with van der Waals surface area (Å²) in [6, 6.07) is -2.45. The number of hydrogen-bond acceptors (Lipinski definition) is 31. The molecule has 30 atom stereocenters. The predicted molar refractivity (Wildman–Crippen MR) is 333 cm³/mol. The molecule has 6 aliphatic heterocycles. The van der Waals surface area contributed by atoms with Crippen molar-refractivity contribution in [2.45, 2.75) is 270 Å². The molecule has 0 radical (unpaired) electrons. The van der Waals surface area contributed by atoms with E-state index in [4.69, 9.17) is 61.6 Å². The summed E-state index contributed by atoms with van der Waals surface area (Å²) in [5, 5.41) is 158. The molecule has 6 aliphatic rings. The fraction of sp³-hybridized carbons (Fsp3) is 0.794. The van der Waals surface area contributed by atoms with Crippen molar-refractivity contribution in [2.75, 3.05) is 46.8 Å². The standard InChI is InChI=1S/C63H101N5O31/c1-8-9-10-11-12-13-14-15-16-20-88-33-19-17-18-32(21-33)57(85)68-40-46(79)45(78)34(22-69)92-59(40)96-52-35(23-70)93-60(41(48(52)81)65-29(4)74)97-53-36(24-71)94-61(42(49(53)82)66-30(5)75)98-54-37(25-72)95-62(43(50(54)83)67-31(6)76)99-55-38(91-58(86)39(47(55)80)64-28(3)73)26-89-63-56(87-7)51(84)44(77)27(2)90-63/h13-14,17-19,21,27,34-56,58-63,69-72,77-84,86H,8-12,15-16,20,22-26H2,1-7H3,(H,64,73)(H,65,74)(H,66,75)(H,67,76)(H,68,85)/b14-13-/t27?,34?,35-,36?,37-,38?,39-,40-,41?,42-,43?,44?,45+,46?,47+,48?,49+,50?,51-,52+,53?,54+,55?,56+,58+,59-,60?,61-,62?,63+/m0/s1. The maximum Gasteiger partial charge on any atom is 0.251 e. The van der Waals surface area contributed by atoms with E-state index in [-0.39, 0.29) is 5.56 Å². The highest BCUT2D eigenvalue weighted by Crippen LogP contribution is 2.37. The van der Waals surface area contributed by atoms with E-state index < -0.39 is 246 Å². The smallest absolute Gasteiger partial charge is 0.251 e. The first-order chi connectivity index (χ1) is 47.2. The maximum absolute atomic E-state index is 14.0. The van der Waals surface area contributed by atoms with Crippen LogP contribution in [0, 0.1) is 0 Å². The number of amides is 5. The molecule has 99 heavy (non-hydrogen) atoms. The third-order valence-corrected chi connectivity index (χ3v) is 17.8. The summed E-state index contributed by atoms with van der Waals surface area (Å²) in [5.74, 6) is -3.67. The quantitative estimate of drug-likeness (QED) is 0.0235. The molecule has 36 heteroatoms. The highest BCUT2D eigenvalue weighted by Gasteiger charge is 2.58. The van der Waals surface area contributed by atoms with Crippen molar-refractivity contribution in [1.29, 1.82) is 0 Å². The Labute approximate surface area is 571 Å². The molecule has 18 N–H and O–H groups in total. The van der Waals surface area contributed by atoms with Crippen LogP contribution in [0.2, 0.25) is 0 Å². The third kappa shape index (κ3) is 20.9. The average Bonchev–Trinajstić information content (AvgIpc) is 0.767. The van der Waals surface area contributed by atoms with E-state index in [9.17, 15) is 90.4 Å². The van der Waals surface area contributed by atoms with Gasteiger partial charge in [0.25, 0.3) is 5.91 Å². The monoisotopic (exact) mass is 1420 g/mol. The molecular weight excluding hydrogens is 1320 g/mol. The number of hydrogen-bond donors (Lipinski definition) is 18. The Kier molecular flexibility index (Phi) is 31.7. The molecule has 6 saturated heterocycles. The van der Waals surface area contributed by atoms with Crippen molar-refractivity contribution in [2.24, 2.45) is 0 Å². The molecule has 6 fully saturated rings. The molecule has 6 heterocycles. The van der Waals surface area contributed by atoms with Crippen LogP contribution in [-0.2, 0) is 76.0 Å². The van der Waals surface area contributed by atoms with Crippen LogP contribution in [0.5, 0.6) is 5.75 Å². The second-order valence-electron chi connectivity index (χ2n) is 25.3. The zero-order valence-corrected chi connectivity index (χ0v) is 56.1. The van der Waals surface area contributed by atoms with Crippen LogP contribution in [0.1, 0.15) is 96.8 Å². The minimum Gasteiger partial charge on any atom is -0.494 e. The van der Waals surface area contributed by atoms with Crippen LogP contribution in [0.15, 0.2) is 36.4 Å². The summed E-state index contributed by atoms with van der Waals surface area (Å²) in [6.07, 6.45) is -32.0. The fourth-order valence-electron chi connectivity index (χ4n) is 12.7. The van der Waals surface area contributed by atoms with Gasteiger partial charge in [0.05, 0.1) is 45.7 Å². The Morgan fingerprint density at radius 1 is 0.465 bits per heavy atom. The first kappa shape index (κ1) is 81.4. The van der Waals surface area contributed by atoms with Gasteiger partial charge < -0.3 is 155 Å². The van der Waals surface area contributed by atoms with Crippen LogP contribution < -0.4 is 31.3 Å². The number of nitrogens with one attached hydrogen (secondary N) is 5. The van der Waals surface area contributed by atoms with Gasteiger partial charge in [-0.25, -0.2) is 0 Å². The summed E-state index contributed by atoms with van der Waals surface area (Å²) in [7, 11) is 1.21. The number of carbonyl (C=O) groups excluding carboxylic acids is 5. The number of aliphatic hydroxyl groups excluding tert-OH is 13. The van der Waals surface area contributed by atoms with Gasteiger partial charge in [0.1, 0.15) is 146 Å². The number of methoxy groups -OCH3 is 1. The van der Waals surface area contributed by atoms with E-state index in [0.29, 0.717) is 18.8 Å². The van der Waals surface area contributed by atoms with Gasteiger partial charge in [-0.2, -0.15) is 0 Å². The highest BCUT2D eigenvalue weighted by molar-refractivity contribution is 5.94. The van der Waals surface area contributed by atoms with Crippen LogP contribution in [0.4, 0.5) is 0 Å². The van der Waals surface area contributed by atoms with E-state index in [1.54, 1.807) is 12.1 Å². The lowest BCUT2D eigenvalue weighted by Gasteiger charge is -2.51. The average molecular weight is 1420 g/mol. The van der Waals surface area contributed by atoms with E-state index in [1.807, 2.05) is 0 Å². The number of aliphatic hydroxyl groups is 13. The van der Waals surface area contributed by atoms with Crippen molar-refractivity contribution in [3.63, 3.8) is 0 Å². The van der Waals surface area contributed by atoms with Crippen molar-refractivity contribution >= 4 is 29.5 Å². The topological polar surface area (TPSA) is 528 Å². The third-order valence-electron chi connectivity index (χ3n) is 17.8. The first-order valence-corrected chi connectivity index (χ1v) is 33.2. The molecule has 1 aromatic carbocycles. The zero-order valence-electron chi connectivity index (χ0n) is 56.1. The van der Waals surface area contributed by atoms with Crippen LogP contribution >= 0.6 is 0 Å². The molecule has 0 saturated carbocycles. The van der Waals surface area contributed by atoms with Gasteiger partial charge in [-0.3, -0.25) is 24.0 Å². The van der Waals surface area contributed by atoms with Crippen molar-refractivity contribution in [3.8, 4) is 5.75 Å². The van der Waals surface area contributed by atoms with Crippen LogP contribution in [-0.4, -0.2) is 327 Å². The van der Waals surface area contributed by atoms with E-state index in [0.717, 1.165) is 53.4 Å². The molecule has 0 aromatic heterocycles. The Bertz CT molecular complexity index is 2730. The van der Waals surface area contributed by atoms with Gasteiger partial charge in [0.15, 0.2) is 37.7 Å². The Morgan fingerprint density at radius 3 is 1.35 bits per heavy atom. The van der Waals surface area contributed by atoms with Crippen LogP contribution in [0.3, 0.4) is 0 Å². The minimum absolute atomic E-state index is 0.0482. The second kappa shape index (κ2) is 38.6. The summed E-state index contributed by atoms with van der Waals surface area (Å²) >= 11 is 0. The number of benzene rings is 1. The first-order valence-electron chi connectivity index (χ1n) is 33.2. The van der Waals surface area contributed by atoms with Gasteiger partial charge in [0.2, 0.25) is 23.6 Å². The van der Waals surface area contributed by atoms with Crippen LogP contribution in [0.25, 0.3) is 0 Å². The molecule has 0 aliphatic carbocycles. The molecule has 1 aromatic rings. The number of rotatable bonds is 32. The predicted octanol–water partition coefficient (Wildman–Crippen LogP) is -6.72. The van der Waals surface area contributed by atoms with E-state index in [1.165, 1.54) is 39.0 Å². The molecule has 14 unspecified atom stereocenters. The normalized spacial score (nSPS) is 39.6. The highest BCUT2D eigenvalue weighted by atomic mass is 16.8. The molecule has 564 valence electrons.